The SMILES string of the molecule is O=C(O)c1ccc(N2COc3ccc(O)cc3C2)c(Br)c1. The van der Waals surface area contributed by atoms with Gasteiger partial charge in [-0.2, -0.15) is 0 Å². The molecule has 2 aromatic carbocycles. The van der Waals surface area contributed by atoms with E-state index in [9.17, 15) is 9.90 Å². The summed E-state index contributed by atoms with van der Waals surface area (Å²) >= 11 is 3.40. The highest BCUT2D eigenvalue weighted by Crippen LogP contribution is 2.34. The van der Waals surface area contributed by atoms with E-state index in [0.717, 1.165) is 17.0 Å². The zero-order valence-corrected chi connectivity index (χ0v) is 12.5. The number of ether oxygens (including phenoxy) is 1. The first-order valence-electron chi connectivity index (χ1n) is 6.27. The Morgan fingerprint density at radius 1 is 1.24 bits per heavy atom. The van der Waals surface area contributed by atoms with E-state index in [1.807, 2.05) is 4.90 Å². The summed E-state index contributed by atoms with van der Waals surface area (Å²) in [5, 5.41) is 18.5. The number of carbonyl (C=O) groups is 1. The van der Waals surface area contributed by atoms with Crippen LogP contribution < -0.4 is 9.64 Å². The van der Waals surface area contributed by atoms with Crippen LogP contribution in [-0.2, 0) is 6.54 Å². The molecule has 0 amide bonds. The average Bonchev–Trinajstić information content (AvgIpc) is 2.46. The zero-order valence-electron chi connectivity index (χ0n) is 10.9. The number of fused-ring (bicyclic) bond motifs is 1. The van der Waals surface area contributed by atoms with Crippen LogP contribution in [0.3, 0.4) is 0 Å². The fraction of sp³-hybridized carbons (Fsp3) is 0.133. The lowest BCUT2D eigenvalue weighted by atomic mass is 10.1. The first-order chi connectivity index (χ1) is 10.0. The number of hydrogen-bond donors (Lipinski definition) is 2. The lowest BCUT2D eigenvalue weighted by Crippen LogP contribution is -2.32. The number of halogens is 1. The van der Waals surface area contributed by atoms with Crippen LogP contribution in [0, 0.1) is 0 Å². The average molecular weight is 350 g/mol. The molecule has 108 valence electrons. The first-order valence-corrected chi connectivity index (χ1v) is 7.06. The molecule has 2 aromatic rings. The smallest absolute Gasteiger partial charge is 0.335 e. The van der Waals surface area contributed by atoms with E-state index in [1.54, 1.807) is 36.4 Å². The van der Waals surface area contributed by atoms with Crippen molar-refractivity contribution in [1.29, 1.82) is 0 Å². The predicted octanol–water partition coefficient (Wildman–Crippen LogP) is 3.21. The molecule has 0 aromatic heterocycles. The van der Waals surface area contributed by atoms with E-state index >= 15 is 0 Å². The van der Waals surface area contributed by atoms with E-state index in [0.29, 0.717) is 17.7 Å². The van der Waals surface area contributed by atoms with Gasteiger partial charge in [-0.3, -0.25) is 0 Å². The summed E-state index contributed by atoms with van der Waals surface area (Å²) in [6, 6.07) is 9.86. The molecule has 5 nitrogen and oxygen atoms in total. The van der Waals surface area contributed by atoms with E-state index in [4.69, 9.17) is 9.84 Å². The maximum Gasteiger partial charge on any atom is 0.335 e. The van der Waals surface area contributed by atoms with E-state index < -0.39 is 5.97 Å². The molecule has 0 radical (unpaired) electrons. The normalized spacial score (nSPS) is 13.5. The number of benzene rings is 2. The number of nitrogens with zero attached hydrogens (tertiary/aromatic N) is 1. The van der Waals surface area contributed by atoms with Crippen molar-refractivity contribution < 1.29 is 19.7 Å². The van der Waals surface area contributed by atoms with Gasteiger partial charge in [-0.1, -0.05) is 0 Å². The molecule has 0 bridgehead atoms. The maximum absolute atomic E-state index is 11.0. The monoisotopic (exact) mass is 349 g/mol. The van der Waals surface area contributed by atoms with Gasteiger partial charge in [-0.25, -0.2) is 4.79 Å². The van der Waals surface area contributed by atoms with Crippen LogP contribution in [0.4, 0.5) is 5.69 Å². The molecule has 0 fully saturated rings. The topological polar surface area (TPSA) is 70.0 Å². The second-order valence-corrected chi connectivity index (χ2v) is 5.59. The van der Waals surface area contributed by atoms with Gasteiger partial charge in [0, 0.05) is 10.0 Å². The molecule has 1 aliphatic rings. The summed E-state index contributed by atoms with van der Waals surface area (Å²) in [4.78, 5) is 12.9. The van der Waals surface area contributed by atoms with Crippen LogP contribution in [-0.4, -0.2) is 22.9 Å². The molecule has 0 aliphatic carbocycles. The number of hydrogen-bond acceptors (Lipinski definition) is 4. The summed E-state index contributed by atoms with van der Waals surface area (Å²) in [5.74, 6) is -0.0192. The minimum Gasteiger partial charge on any atom is -0.508 e. The van der Waals surface area contributed by atoms with E-state index in [-0.39, 0.29) is 11.3 Å². The Hall–Kier alpha value is -2.21. The molecule has 0 spiro atoms. The molecule has 0 atom stereocenters. The van der Waals surface area contributed by atoms with Gasteiger partial charge in [0.2, 0.25) is 0 Å². The van der Waals surface area contributed by atoms with Crippen molar-refractivity contribution in [2.75, 3.05) is 11.6 Å². The Labute approximate surface area is 129 Å². The van der Waals surface area contributed by atoms with Gasteiger partial charge in [0.1, 0.15) is 11.5 Å². The zero-order chi connectivity index (χ0) is 15.0. The minimum absolute atomic E-state index is 0.194. The third kappa shape index (κ3) is 2.67. The maximum atomic E-state index is 11.0. The fourth-order valence-corrected chi connectivity index (χ4v) is 2.91. The van der Waals surface area contributed by atoms with E-state index in [1.165, 1.54) is 0 Å². The third-order valence-corrected chi connectivity index (χ3v) is 3.95. The van der Waals surface area contributed by atoms with Crippen molar-refractivity contribution in [2.45, 2.75) is 6.54 Å². The van der Waals surface area contributed by atoms with Crippen molar-refractivity contribution in [1.82, 2.24) is 0 Å². The van der Waals surface area contributed by atoms with Gasteiger partial charge >= 0.3 is 5.97 Å². The Kier molecular flexibility index (Phi) is 3.47. The molecule has 0 saturated heterocycles. The van der Waals surface area contributed by atoms with Gasteiger partial charge < -0.3 is 19.8 Å². The Morgan fingerprint density at radius 2 is 2.05 bits per heavy atom. The van der Waals surface area contributed by atoms with Crippen molar-refractivity contribution in [3.05, 3.63) is 52.0 Å². The van der Waals surface area contributed by atoms with E-state index in [2.05, 4.69) is 15.9 Å². The van der Waals surface area contributed by atoms with Crippen LogP contribution in [0.15, 0.2) is 40.9 Å². The van der Waals surface area contributed by atoms with Crippen LogP contribution in [0.1, 0.15) is 15.9 Å². The molecule has 6 heteroatoms. The van der Waals surface area contributed by atoms with Gasteiger partial charge in [0.05, 0.1) is 17.8 Å². The quantitative estimate of drug-likeness (QED) is 0.871. The van der Waals surface area contributed by atoms with Crippen LogP contribution in [0.5, 0.6) is 11.5 Å². The summed E-state index contributed by atoms with van der Waals surface area (Å²) in [5.41, 5.74) is 1.95. The molecule has 0 saturated carbocycles. The summed E-state index contributed by atoms with van der Waals surface area (Å²) < 4.78 is 6.35. The van der Waals surface area contributed by atoms with Crippen molar-refractivity contribution in [3.63, 3.8) is 0 Å². The number of phenolic OH excluding ortho intramolecular Hbond substituents is 1. The number of aromatic carboxylic acids is 1. The van der Waals surface area contributed by atoms with Gasteiger partial charge in [0.25, 0.3) is 0 Å². The van der Waals surface area contributed by atoms with Crippen LogP contribution in [0.2, 0.25) is 0 Å². The molecule has 3 rings (SSSR count). The minimum atomic E-state index is -0.965. The lowest BCUT2D eigenvalue weighted by molar-refractivity contribution is 0.0697. The lowest BCUT2D eigenvalue weighted by Gasteiger charge is -2.31. The molecule has 1 aliphatic heterocycles. The molecule has 0 unspecified atom stereocenters. The number of aromatic hydroxyl groups is 1. The third-order valence-electron chi connectivity index (χ3n) is 3.32. The van der Waals surface area contributed by atoms with Crippen molar-refractivity contribution >= 4 is 27.6 Å². The summed E-state index contributed by atoms with van der Waals surface area (Å²) in [7, 11) is 0. The Bertz CT molecular complexity index is 717. The van der Waals surface area contributed by atoms with Crippen molar-refractivity contribution in [3.8, 4) is 11.5 Å². The Morgan fingerprint density at radius 3 is 2.76 bits per heavy atom. The molecule has 1 heterocycles. The van der Waals surface area contributed by atoms with Crippen molar-refractivity contribution in [2.24, 2.45) is 0 Å². The Balaban J connectivity index is 1.91. The van der Waals surface area contributed by atoms with Gasteiger partial charge in [-0.15, -0.1) is 0 Å². The van der Waals surface area contributed by atoms with Crippen LogP contribution in [0.25, 0.3) is 0 Å². The standard InChI is InChI=1S/C15H12BrNO4/c16-12-6-9(15(19)20)1-3-13(12)17-7-10-5-11(18)2-4-14(10)21-8-17/h1-6,18H,7-8H2,(H,19,20). The number of carboxylic acid groups (broad SMARTS) is 1. The summed E-state index contributed by atoms with van der Waals surface area (Å²) in [6.07, 6.45) is 0. The highest BCUT2D eigenvalue weighted by Gasteiger charge is 2.20. The molecule has 2 N–H and O–H groups in total. The molecular weight excluding hydrogens is 338 g/mol. The largest absolute Gasteiger partial charge is 0.508 e. The highest BCUT2D eigenvalue weighted by molar-refractivity contribution is 9.10. The summed E-state index contributed by atoms with van der Waals surface area (Å²) in [6.45, 7) is 0.942. The molecular formula is C15H12BrNO4. The number of phenols is 1. The van der Waals surface area contributed by atoms with Gasteiger partial charge in [0.15, 0.2) is 6.73 Å². The predicted molar refractivity (Wildman–Crippen MR) is 80.9 cm³/mol. The first kappa shape index (κ1) is 13.8. The fourth-order valence-electron chi connectivity index (χ4n) is 2.28. The van der Waals surface area contributed by atoms with Crippen LogP contribution >= 0.6 is 15.9 Å². The number of anilines is 1. The number of rotatable bonds is 2. The highest BCUT2D eigenvalue weighted by atomic mass is 79.9. The number of carboxylic acids is 1. The molecule has 21 heavy (non-hydrogen) atoms. The second-order valence-electron chi connectivity index (χ2n) is 4.73. The second kappa shape index (κ2) is 5.29. The van der Waals surface area contributed by atoms with Gasteiger partial charge in [-0.05, 0) is 52.3 Å².